The van der Waals surface area contributed by atoms with Gasteiger partial charge in [0.1, 0.15) is 0 Å². The zero-order chi connectivity index (χ0) is 36.6. The van der Waals surface area contributed by atoms with E-state index >= 15 is 0 Å². The maximum absolute atomic E-state index is 10.9. The van der Waals surface area contributed by atoms with E-state index in [9.17, 15) is 9.59 Å². The van der Waals surface area contributed by atoms with E-state index in [2.05, 4.69) is 18.9 Å². The Balaban J connectivity index is -0.0000000696. The molecule has 2 unspecified atom stereocenters. The minimum absolute atomic E-state index is 0. The third-order valence-corrected chi connectivity index (χ3v) is 2.74. The Kier molecular flexibility index (Phi) is 60.8. The first-order valence-corrected chi connectivity index (χ1v) is 14.2. The Morgan fingerprint density at radius 1 is 0.435 bits per heavy atom. The van der Waals surface area contributed by atoms with E-state index in [0.717, 1.165) is 0 Å². The van der Waals surface area contributed by atoms with Crippen molar-refractivity contribution < 1.29 is 122 Å². The fourth-order valence-electron chi connectivity index (χ4n) is 1.45. The molecule has 0 aliphatic carbocycles. The molecule has 0 bridgehead atoms. The summed E-state index contributed by atoms with van der Waals surface area (Å²) in [6.45, 7) is 20.5. The third-order valence-electron chi connectivity index (χ3n) is 2.74. The Hall–Kier alpha value is -1.01. The molecule has 0 aromatic carbocycles. The van der Waals surface area contributed by atoms with Crippen LogP contribution in [-0.4, -0.2) is 150 Å². The van der Waals surface area contributed by atoms with Crippen LogP contribution >= 0.6 is 0 Å². The van der Waals surface area contributed by atoms with Gasteiger partial charge in [0.25, 0.3) is 0 Å². The van der Waals surface area contributed by atoms with E-state index in [1.807, 2.05) is 0 Å². The van der Waals surface area contributed by atoms with Crippen molar-refractivity contribution in [1.29, 1.82) is 0 Å². The smallest absolute Gasteiger partial charge is 0.464 e. The van der Waals surface area contributed by atoms with Crippen molar-refractivity contribution >= 4 is 23.9 Å². The molecule has 0 saturated carbocycles. The Morgan fingerprint density at radius 3 is 0.717 bits per heavy atom. The fraction of sp³-hybridized carbons (Fsp3) is 0.857. The van der Waals surface area contributed by atoms with Gasteiger partial charge in [0.2, 0.25) is 12.2 Å². The SMILES string of the molecule is CC(C)O.CC(C)O.CC(C)O.CC(C)O.CCOC(=O)C(O)[C@@H](O)C(=[OH+])OCC.CCOC(=O)[C@@H](O)C(O)C(=[OH+])OCC.[Ti].[Ti]. The zero-order valence-corrected chi connectivity index (χ0v) is 32.5. The second-order valence-electron chi connectivity index (χ2n) is 9.20. The molecule has 0 aromatic rings. The van der Waals surface area contributed by atoms with Gasteiger partial charge in [0.15, 0.2) is 25.4 Å². The molecule has 0 saturated heterocycles. The average molecular weight is 751 g/mol. The summed E-state index contributed by atoms with van der Waals surface area (Å²) in [4.78, 5) is 39.7. The van der Waals surface area contributed by atoms with Crippen LogP contribution in [0.25, 0.3) is 0 Å². The molecule has 4 atom stereocenters. The standard InChI is InChI=1S/2C8H14O6.4C3H8O.2Ti/c2*1-3-13-7(11)5(9)6(10)8(12)14-4-2;4*1-3(2)4;;/h2*5-6,9-10H,3-4H2,1-2H3;4*3-4H,1-2H3;;/p+2/t2*5-,6?;;;;;;/m10....../s1. The van der Waals surface area contributed by atoms with E-state index in [-0.39, 0.29) is 94.3 Å². The number of esters is 4. The van der Waals surface area contributed by atoms with E-state index in [4.69, 9.17) is 50.4 Å². The van der Waals surface area contributed by atoms with Crippen LogP contribution in [0.3, 0.4) is 0 Å². The van der Waals surface area contributed by atoms with Crippen molar-refractivity contribution in [3.63, 3.8) is 0 Å². The molecule has 0 rings (SSSR count). The number of rotatable bonds is 10. The van der Waals surface area contributed by atoms with Gasteiger partial charge in [-0.3, -0.25) is 0 Å². The van der Waals surface area contributed by atoms with Crippen molar-refractivity contribution in [3.8, 4) is 0 Å². The normalized spacial score (nSPS) is 11.8. The Bertz CT molecular complexity index is 557. The number of carbonyl (C=O) groups is 2. The van der Waals surface area contributed by atoms with Crippen LogP contribution in [0, 0.1) is 0 Å². The first-order chi connectivity index (χ1) is 20.0. The fourth-order valence-corrected chi connectivity index (χ4v) is 1.45. The van der Waals surface area contributed by atoms with Crippen LogP contribution in [0.1, 0.15) is 83.1 Å². The molecule has 276 valence electrons. The summed E-state index contributed by atoms with van der Waals surface area (Å²) in [5.41, 5.74) is 0. The maximum atomic E-state index is 10.9. The van der Waals surface area contributed by atoms with Gasteiger partial charge in [-0.25, -0.2) is 9.59 Å². The van der Waals surface area contributed by atoms with Gasteiger partial charge < -0.3 is 69.4 Å². The van der Waals surface area contributed by atoms with Crippen molar-refractivity contribution in [2.45, 2.75) is 132 Å². The van der Waals surface area contributed by atoms with Crippen LogP contribution in [0.4, 0.5) is 0 Å². The summed E-state index contributed by atoms with van der Waals surface area (Å²) >= 11 is 0. The van der Waals surface area contributed by atoms with E-state index < -0.39 is 48.3 Å². The molecule has 10 N–H and O–H groups in total. The second kappa shape index (κ2) is 44.0. The summed E-state index contributed by atoms with van der Waals surface area (Å²) in [7, 11) is 0. The van der Waals surface area contributed by atoms with E-state index in [1.54, 1.807) is 83.1 Å². The molecular formula is C28H62O16Ti2+2. The Morgan fingerprint density at radius 2 is 0.587 bits per heavy atom. The van der Waals surface area contributed by atoms with E-state index in [0.29, 0.717) is 0 Å². The monoisotopic (exact) mass is 750 g/mol. The van der Waals surface area contributed by atoms with Crippen LogP contribution < -0.4 is 0 Å². The number of aliphatic hydroxyl groups is 8. The van der Waals surface area contributed by atoms with Gasteiger partial charge in [-0.15, -0.1) is 0 Å². The first kappa shape index (κ1) is 63.6. The predicted octanol–water partition coefficient (Wildman–Crippen LogP) is -0.836. The van der Waals surface area contributed by atoms with Crippen molar-refractivity contribution in [1.82, 2.24) is 0 Å². The number of hydrogen-bond donors (Lipinski definition) is 8. The Labute approximate surface area is 303 Å². The van der Waals surface area contributed by atoms with E-state index in [1.165, 1.54) is 0 Å². The molecule has 0 heterocycles. The number of hydrogen-bond acceptors (Lipinski definition) is 14. The molecular weight excluding hydrogens is 688 g/mol. The van der Waals surface area contributed by atoms with Crippen LogP contribution in [0.5, 0.6) is 0 Å². The molecule has 0 aliphatic heterocycles. The van der Waals surface area contributed by atoms with Crippen molar-refractivity contribution in [3.05, 3.63) is 0 Å². The van der Waals surface area contributed by atoms with Crippen LogP contribution in [0.15, 0.2) is 0 Å². The molecule has 0 radical (unpaired) electrons. The molecule has 0 aliphatic rings. The summed E-state index contributed by atoms with van der Waals surface area (Å²) in [6.07, 6.45) is -7.90. The first-order valence-electron chi connectivity index (χ1n) is 14.2. The van der Waals surface area contributed by atoms with Gasteiger partial charge in [-0.05, 0) is 83.1 Å². The van der Waals surface area contributed by atoms with Crippen LogP contribution in [-0.2, 0) is 72.0 Å². The minimum Gasteiger partial charge on any atom is -0.464 e. The predicted molar refractivity (Wildman–Crippen MR) is 164 cm³/mol. The molecule has 16 nitrogen and oxygen atoms in total. The van der Waals surface area contributed by atoms with Gasteiger partial charge >= 0.3 is 23.9 Å². The molecule has 0 fully saturated rings. The quantitative estimate of drug-likeness (QED) is 0.0586. The minimum atomic E-state index is -1.83. The molecule has 18 heteroatoms. The molecule has 46 heavy (non-hydrogen) atoms. The molecule has 0 aromatic heterocycles. The summed E-state index contributed by atoms with van der Waals surface area (Å²) in [6, 6.07) is 0. The maximum Gasteiger partial charge on any atom is 0.516 e. The van der Waals surface area contributed by atoms with Crippen LogP contribution in [0.2, 0.25) is 0 Å². The van der Waals surface area contributed by atoms with Crippen molar-refractivity contribution in [2.24, 2.45) is 0 Å². The molecule has 0 spiro atoms. The van der Waals surface area contributed by atoms with Gasteiger partial charge in [0.05, 0.1) is 13.2 Å². The largest absolute Gasteiger partial charge is 0.516 e. The second-order valence-corrected chi connectivity index (χ2v) is 9.20. The zero-order valence-electron chi connectivity index (χ0n) is 29.4. The van der Waals surface area contributed by atoms with Gasteiger partial charge in [-0.2, -0.15) is 0 Å². The summed E-state index contributed by atoms with van der Waals surface area (Å²) in [5, 5.41) is 68.8. The van der Waals surface area contributed by atoms with Gasteiger partial charge in [-0.1, -0.05) is 0 Å². The average Bonchev–Trinajstić information content (AvgIpc) is 2.86. The molecule has 0 amide bonds. The topological polar surface area (TPSA) is 276 Å². The summed E-state index contributed by atoms with van der Waals surface area (Å²) < 4.78 is 17.9. The van der Waals surface area contributed by atoms with Gasteiger partial charge in [0, 0.05) is 67.9 Å². The third kappa shape index (κ3) is 61.9. The van der Waals surface area contributed by atoms with Crippen molar-refractivity contribution in [2.75, 3.05) is 26.4 Å². The summed E-state index contributed by atoms with van der Waals surface area (Å²) in [5.74, 6) is -3.61. The number of aliphatic hydroxyl groups excluding tert-OH is 8. The number of carbonyl (C=O) groups excluding carboxylic acids is 4. The number of ether oxygens (including phenoxy) is 4.